The maximum absolute atomic E-state index is 5.60. The number of nitrogens with one attached hydrogen (secondary N) is 1. The second-order valence-electron chi connectivity index (χ2n) is 6.25. The van der Waals surface area contributed by atoms with Gasteiger partial charge in [0.25, 0.3) is 0 Å². The van der Waals surface area contributed by atoms with Gasteiger partial charge in [-0.15, -0.1) is 0 Å². The zero-order valence-electron chi connectivity index (χ0n) is 15.7. The molecule has 0 saturated heterocycles. The van der Waals surface area contributed by atoms with Crippen LogP contribution < -0.4 is 16.8 Å². The van der Waals surface area contributed by atoms with Crippen LogP contribution in [0, 0.1) is 0 Å². The summed E-state index contributed by atoms with van der Waals surface area (Å²) in [5.74, 6) is 0. The summed E-state index contributed by atoms with van der Waals surface area (Å²) in [7, 11) is 0. The van der Waals surface area contributed by atoms with Gasteiger partial charge in [0.05, 0.1) is 0 Å². The van der Waals surface area contributed by atoms with Gasteiger partial charge < -0.3 is 16.8 Å². The molecule has 0 aromatic heterocycles. The third kappa shape index (κ3) is 10.7. The highest BCUT2D eigenvalue weighted by atomic mass is 14.9. The maximum Gasteiger partial charge on any atom is 0.00734 e. The Labute approximate surface area is 153 Å². The van der Waals surface area contributed by atoms with E-state index in [0.29, 0.717) is 6.04 Å². The van der Waals surface area contributed by atoms with Crippen molar-refractivity contribution >= 4 is 0 Å². The molecule has 138 valence electrons. The molecule has 0 unspecified atom stereocenters. The maximum atomic E-state index is 5.60. The molecule has 0 aliphatic carbocycles. The van der Waals surface area contributed by atoms with Gasteiger partial charge in [0.2, 0.25) is 0 Å². The molecular formula is C22H35N3. The predicted octanol–water partition coefficient (Wildman–Crippen LogP) is 3.52. The van der Waals surface area contributed by atoms with Crippen molar-refractivity contribution in [2.45, 2.75) is 45.1 Å². The van der Waals surface area contributed by atoms with E-state index in [9.17, 15) is 0 Å². The van der Waals surface area contributed by atoms with Gasteiger partial charge in [0.1, 0.15) is 0 Å². The quantitative estimate of drug-likeness (QED) is 0.579. The molecule has 0 bridgehead atoms. The summed E-state index contributed by atoms with van der Waals surface area (Å²) >= 11 is 0. The van der Waals surface area contributed by atoms with Crippen LogP contribution in [0.15, 0.2) is 60.7 Å². The third-order valence-electron chi connectivity index (χ3n) is 4.06. The van der Waals surface area contributed by atoms with Crippen LogP contribution in [0.5, 0.6) is 0 Å². The van der Waals surface area contributed by atoms with Crippen molar-refractivity contribution in [3.05, 3.63) is 71.8 Å². The molecule has 0 radical (unpaired) electrons. The fraction of sp³-hybridized carbons (Fsp3) is 0.455. The van der Waals surface area contributed by atoms with Crippen molar-refractivity contribution < 1.29 is 0 Å². The van der Waals surface area contributed by atoms with Crippen LogP contribution in [0.2, 0.25) is 0 Å². The molecule has 3 heteroatoms. The van der Waals surface area contributed by atoms with Crippen LogP contribution in [-0.2, 0) is 12.8 Å². The minimum atomic E-state index is 0.562. The molecule has 25 heavy (non-hydrogen) atoms. The van der Waals surface area contributed by atoms with Crippen molar-refractivity contribution in [1.82, 2.24) is 5.32 Å². The van der Waals surface area contributed by atoms with E-state index >= 15 is 0 Å². The standard InChI is InChI=1S/C20H28N2.C2H7N/c21-16-7-17-22-20(14-12-18-8-3-1-4-9-18)15-13-19-10-5-2-6-11-19;1-2-3/h1-6,8-11,20,22H,7,12-17,21H2;2-3H2,1H3. The van der Waals surface area contributed by atoms with Gasteiger partial charge in [-0.2, -0.15) is 0 Å². The molecule has 0 atom stereocenters. The lowest BCUT2D eigenvalue weighted by atomic mass is 9.99. The van der Waals surface area contributed by atoms with Crippen LogP contribution in [-0.4, -0.2) is 25.7 Å². The van der Waals surface area contributed by atoms with E-state index in [0.717, 1.165) is 38.9 Å². The number of rotatable bonds is 10. The van der Waals surface area contributed by atoms with E-state index in [1.165, 1.54) is 24.0 Å². The lowest BCUT2D eigenvalue weighted by Gasteiger charge is -2.19. The van der Waals surface area contributed by atoms with Crippen LogP contribution in [0.4, 0.5) is 0 Å². The second kappa shape index (κ2) is 14.6. The van der Waals surface area contributed by atoms with E-state index in [-0.39, 0.29) is 0 Å². The summed E-state index contributed by atoms with van der Waals surface area (Å²) in [4.78, 5) is 0. The molecular weight excluding hydrogens is 306 g/mol. The minimum Gasteiger partial charge on any atom is -0.331 e. The Balaban J connectivity index is 0.000000970. The summed E-state index contributed by atoms with van der Waals surface area (Å²) in [5.41, 5.74) is 13.3. The van der Waals surface area contributed by atoms with E-state index in [4.69, 9.17) is 11.5 Å². The molecule has 0 heterocycles. The monoisotopic (exact) mass is 341 g/mol. The zero-order valence-corrected chi connectivity index (χ0v) is 15.7. The fourth-order valence-corrected chi connectivity index (χ4v) is 2.73. The predicted molar refractivity (Wildman–Crippen MR) is 110 cm³/mol. The highest BCUT2D eigenvalue weighted by Crippen LogP contribution is 2.11. The lowest BCUT2D eigenvalue weighted by Crippen LogP contribution is -2.32. The molecule has 0 amide bonds. The highest BCUT2D eigenvalue weighted by molar-refractivity contribution is 5.16. The average molecular weight is 342 g/mol. The smallest absolute Gasteiger partial charge is 0.00734 e. The first-order valence-electron chi connectivity index (χ1n) is 9.51. The molecule has 2 aromatic rings. The number of benzene rings is 2. The van der Waals surface area contributed by atoms with E-state index in [1.54, 1.807) is 0 Å². The molecule has 0 spiro atoms. The molecule has 5 N–H and O–H groups in total. The van der Waals surface area contributed by atoms with Gasteiger partial charge in [0.15, 0.2) is 0 Å². The van der Waals surface area contributed by atoms with Gasteiger partial charge in [0, 0.05) is 6.04 Å². The van der Waals surface area contributed by atoms with Crippen molar-refractivity contribution in [2.75, 3.05) is 19.6 Å². The summed E-state index contributed by atoms with van der Waals surface area (Å²) in [6, 6.07) is 22.1. The summed E-state index contributed by atoms with van der Waals surface area (Å²) < 4.78 is 0. The topological polar surface area (TPSA) is 64.1 Å². The number of hydrogen-bond acceptors (Lipinski definition) is 3. The molecule has 0 aliphatic heterocycles. The first-order valence-corrected chi connectivity index (χ1v) is 9.51. The van der Waals surface area contributed by atoms with Crippen molar-refractivity contribution in [3.63, 3.8) is 0 Å². The summed E-state index contributed by atoms with van der Waals surface area (Å²) in [6.45, 7) is 4.43. The molecule has 0 saturated carbocycles. The Kier molecular flexibility index (Phi) is 12.5. The summed E-state index contributed by atoms with van der Waals surface area (Å²) in [5, 5.41) is 3.68. The minimum absolute atomic E-state index is 0.562. The van der Waals surface area contributed by atoms with Crippen molar-refractivity contribution in [2.24, 2.45) is 11.5 Å². The van der Waals surface area contributed by atoms with Crippen LogP contribution >= 0.6 is 0 Å². The first kappa shape index (κ1) is 21.4. The fourth-order valence-electron chi connectivity index (χ4n) is 2.73. The summed E-state index contributed by atoms with van der Waals surface area (Å²) in [6.07, 6.45) is 5.68. The molecule has 2 rings (SSSR count). The Morgan fingerprint density at radius 2 is 1.24 bits per heavy atom. The molecule has 0 aliphatic rings. The van der Waals surface area contributed by atoms with Crippen LogP contribution in [0.1, 0.15) is 37.3 Å². The van der Waals surface area contributed by atoms with Gasteiger partial charge >= 0.3 is 0 Å². The van der Waals surface area contributed by atoms with Crippen LogP contribution in [0.25, 0.3) is 0 Å². The molecule has 0 fully saturated rings. The van der Waals surface area contributed by atoms with Crippen LogP contribution in [0.3, 0.4) is 0 Å². The average Bonchev–Trinajstić information content (AvgIpc) is 2.66. The molecule has 3 nitrogen and oxygen atoms in total. The Hall–Kier alpha value is -1.68. The highest BCUT2D eigenvalue weighted by Gasteiger charge is 2.08. The Morgan fingerprint density at radius 3 is 1.64 bits per heavy atom. The zero-order chi connectivity index (χ0) is 18.2. The second-order valence-corrected chi connectivity index (χ2v) is 6.25. The van der Waals surface area contributed by atoms with Crippen molar-refractivity contribution in [3.8, 4) is 0 Å². The number of hydrogen-bond donors (Lipinski definition) is 3. The van der Waals surface area contributed by atoms with Gasteiger partial charge in [-0.25, -0.2) is 0 Å². The SMILES string of the molecule is CCN.NCCCNC(CCc1ccccc1)CCc1ccccc1. The van der Waals surface area contributed by atoms with Gasteiger partial charge in [-0.05, 0) is 62.9 Å². The van der Waals surface area contributed by atoms with Gasteiger partial charge in [-0.1, -0.05) is 67.6 Å². The van der Waals surface area contributed by atoms with Gasteiger partial charge in [-0.3, -0.25) is 0 Å². The Morgan fingerprint density at radius 1 is 0.800 bits per heavy atom. The Bertz CT molecular complexity index is 470. The lowest BCUT2D eigenvalue weighted by molar-refractivity contribution is 0.450. The van der Waals surface area contributed by atoms with E-state index in [1.807, 2.05) is 6.92 Å². The third-order valence-corrected chi connectivity index (χ3v) is 4.06. The van der Waals surface area contributed by atoms with Crippen molar-refractivity contribution in [1.29, 1.82) is 0 Å². The number of nitrogens with two attached hydrogens (primary N) is 2. The van der Waals surface area contributed by atoms with E-state index < -0.39 is 0 Å². The normalized spacial score (nSPS) is 10.4. The van der Waals surface area contributed by atoms with E-state index in [2.05, 4.69) is 66.0 Å². The largest absolute Gasteiger partial charge is 0.331 e. The molecule has 2 aromatic carbocycles. The number of aryl methyl sites for hydroxylation is 2. The first-order chi connectivity index (χ1) is 12.3.